The van der Waals surface area contributed by atoms with Crippen LogP contribution in [0.3, 0.4) is 0 Å². The molecular weight excluding hydrogens is 152 g/mol. The van der Waals surface area contributed by atoms with Gasteiger partial charge in [0.05, 0.1) is 0 Å². The van der Waals surface area contributed by atoms with Gasteiger partial charge >= 0.3 is 5.97 Å². The smallest absolute Gasteiger partial charge is 0.331 e. The maximum atomic E-state index is 10.6. The third-order valence-electron chi connectivity index (χ3n) is 2.44. The molecule has 2 heteroatoms. The Hall–Kier alpha value is -0.790. The van der Waals surface area contributed by atoms with Crippen LogP contribution in [0, 0.1) is 0 Å². The maximum absolute atomic E-state index is 10.6. The molecule has 2 nitrogen and oxygen atoms in total. The average molecular weight is 168 g/mol. The minimum absolute atomic E-state index is 0.686. The van der Waals surface area contributed by atoms with E-state index in [1.165, 1.54) is 18.4 Å². The second-order valence-electron chi connectivity index (χ2n) is 3.34. The van der Waals surface area contributed by atoms with Crippen LogP contribution in [0.2, 0.25) is 0 Å². The summed E-state index contributed by atoms with van der Waals surface area (Å²) in [5, 5.41) is 8.70. The van der Waals surface area contributed by atoms with Crippen molar-refractivity contribution in [2.75, 3.05) is 0 Å². The second kappa shape index (κ2) is 4.29. The van der Waals surface area contributed by atoms with Gasteiger partial charge in [-0.2, -0.15) is 0 Å². The first kappa shape index (κ1) is 9.30. The standard InChI is InChI=1S/C10H16O2/c1-2-3-4-5-8-6-7-9(8)10(11)12/h2-7H2,1H3,(H,11,12). The lowest BCUT2D eigenvalue weighted by Gasteiger charge is -2.20. The number of carbonyl (C=O) groups is 1. The summed E-state index contributed by atoms with van der Waals surface area (Å²) in [6.45, 7) is 2.16. The molecule has 0 heterocycles. The average Bonchev–Trinajstić information content (AvgIpc) is 1.94. The van der Waals surface area contributed by atoms with E-state index in [1.807, 2.05) is 0 Å². The summed E-state index contributed by atoms with van der Waals surface area (Å²) in [6.07, 6.45) is 6.40. The Kier molecular flexibility index (Phi) is 3.32. The van der Waals surface area contributed by atoms with Gasteiger partial charge in [0.1, 0.15) is 0 Å². The van der Waals surface area contributed by atoms with Gasteiger partial charge in [-0.05, 0) is 25.7 Å². The Morgan fingerprint density at radius 2 is 2.17 bits per heavy atom. The highest BCUT2D eigenvalue weighted by atomic mass is 16.4. The van der Waals surface area contributed by atoms with Gasteiger partial charge in [-0.1, -0.05) is 25.3 Å². The van der Waals surface area contributed by atoms with E-state index in [0.717, 1.165) is 25.7 Å². The maximum Gasteiger partial charge on any atom is 0.331 e. The van der Waals surface area contributed by atoms with Crippen LogP contribution >= 0.6 is 0 Å². The van der Waals surface area contributed by atoms with Gasteiger partial charge in [-0.3, -0.25) is 0 Å². The van der Waals surface area contributed by atoms with Crippen molar-refractivity contribution >= 4 is 5.97 Å². The van der Waals surface area contributed by atoms with Crippen LogP contribution in [0.5, 0.6) is 0 Å². The molecule has 1 N–H and O–H groups in total. The molecular formula is C10H16O2. The van der Waals surface area contributed by atoms with E-state index in [4.69, 9.17) is 5.11 Å². The first-order valence-corrected chi connectivity index (χ1v) is 4.70. The fraction of sp³-hybridized carbons (Fsp3) is 0.700. The first-order valence-electron chi connectivity index (χ1n) is 4.70. The highest BCUT2D eigenvalue weighted by molar-refractivity contribution is 5.89. The Morgan fingerprint density at radius 1 is 1.42 bits per heavy atom. The molecule has 0 aromatic heterocycles. The van der Waals surface area contributed by atoms with Crippen molar-refractivity contribution in [1.29, 1.82) is 0 Å². The lowest BCUT2D eigenvalue weighted by atomic mass is 9.85. The topological polar surface area (TPSA) is 37.3 Å². The van der Waals surface area contributed by atoms with Gasteiger partial charge in [-0.15, -0.1) is 0 Å². The Balaban J connectivity index is 2.32. The van der Waals surface area contributed by atoms with E-state index in [1.54, 1.807) is 0 Å². The molecule has 0 saturated heterocycles. The van der Waals surface area contributed by atoms with Gasteiger partial charge < -0.3 is 5.11 Å². The molecule has 0 radical (unpaired) electrons. The predicted molar refractivity (Wildman–Crippen MR) is 48.0 cm³/mol. The lowest BCUT2D eigenvalue weighted by molar-refractivity contribution is -0.133. The molecule has 12 heavy (non-hydrogen) atoms. The molecule has 0 aromatic rings. The summed E-state index contributed by atoms with van der Waals surface area (Å²) in [5.74, 6) is -0.701. The Morgan fingerprint density at radius 3 is 2.58 bits per heavy atom. The minimum atomic E-state index is -0.701. The summed E-state index contributed by atoms with van der Waals surface area (Å²) in [7, 11) is 0. The fourth-order valence-electron chi connectivity index (χ4n) is 1.55. The molecule has 1 aliphatic carbocycles. The highest BCUT2D eigenvalue weighted by Crippen LogP contribution is 2.31. The molecule has 0 amide bonds. The number of unbranched alkanes of at least 4 members (excludes halogenated alkanes) is 2. The Bertz CT molecular complexity index is 204. The van der Waals surface area contributed by atoms with Gasteiger partial charge in [-0.25, -0.2) is 4.79 Å². The molecule has 68 valence electrons. The van der Waals surface area contributed by atoms with Gasteiger partial charge in [0.2, 0.25) is 0 Å². The first-order chi connectivity index (χ1) is 5.75. The Labute approximate surface area is 73.3 Å². The van der Waals surface area contributed by atoms with Crippen molar-refractivity contribution in [1.82, 2.24) is 0 Å². The van der Waals surface area contributed by atoms with E-state index in [2.05, 4.69) is 6.92 Å². The normalized spacial score (nSPS) is 16.1. The number of hydrogen-bond donors (Lipinski definition) is 1. The van der Waals surface area contributed by atoms with Crippen molar-refractivity contribution < 1.29 is 9.90 Å². The summed E-state index contributed by atoms with van der Waals surface area (Å²) in [4.78, 5) is 10.6. The number of hydrogen-bond acceptors (Lipinski definition) is 1. The summed E-state index contributed by atoms with van der Waals surface area (Å²) in [5.41, 5.74) is 1.88. The van der Waals surface area contributed by atoms with Gasteiger partial charge in [0.25, 0.3) is 0 Å². The molecule has 1 aliphatic rings. The third-order valence-corrected chi connectivity index (χ3v) is 2.44. The fourth-order valence-corrected chi connectivity index (χ4v) is 1.55. The molecule has 0 atom stereocenters. The van der Waals surface area contributed by atoms with Crippen LogP contribution in [0.25, 0.3) is 0 Å². The van der Waals surface area contributed by atoms with Crippen LogP contribution in [0.15, 0.2) is 11.1 Å². The summed E-state index contributed by atoms with van der Waals surface area (Å²) < 4.78 is 0. The van der Waals surface area contributed by atoms with E-state index < -0.39 is 5.97 Å². The quantitative estimate of drug-likeness (QED) is 0.641. The second-order valence-corrected chi connectivity index (χ2v) is 3.34. The van der Waals surface area contributed by atoms with E-state index in [0.29, 0.717) is 5.57 Å². The molecule has 0 aliphatic heterocycles. The van der Waals surface area contributed by atoms with E-state index in [9.17, 15) is 4.79 Å². The zero-order valence-corrected chi connectivity index (χ0v) is 7.60. The summed E-state index contributed by atoms with van der Waals surface area (Å²) >= 11 is 0. The van der Waals surface area contributed by atoms with Crippen molar-refractivity contribution in [3.8, 4) is 0 Å². The number of aliphatic carboxylic acids is 1. The van der Waals surface area contributed by atoms with E-state index in [-0.39, 0.29) is 0 Å². The van der Waals surface area contributed by atoms with Crippen LogP contribution < -0.4 is 0 Å². The predicted octanol–water partition coefficient (Wildman–Crippen LogP) is 2.74. The molecule has 0 unspecified atom stereocenters. The van der Waals surface area contributed by atoms with Crippen molar-refractivity contribution in [2.45, 2.75) is 45.4 Å². The van der Waals surface area contributed by atoms with Crippen molar-refractivity contribution in [3.05, 3.63) is 11.1 Å². The van der Waals surface area contributed by atoms with Crippen LogP contribution in [0.1, 0.15) is 45.4 Å². The molecule has 0 saturated carbocycles. The molecule has 0 aromatic carbocycles. The van der Waals surface area contributed by atoms with Crippen molar-refractivity contribution in [3.63, 3.8) is 0 Å². The van der Waals surface area contributed by atoms with Crippen molar-refractivity contribution in [2.24, 2.45) is 0 Å². The third kappa shape index (κ3) is 2.10. The van der Waals surface area contributed by atoms with Gasteiger partial charge in [0.15, 0.2) is 0 Å². The highest BCUT2D eigenvalue weighted by Gasteiger charge is 2.21. The molecule has 0 fully saturated rings. The SMILES string of the molecule is CCCCCC1=C(C(=O)O)CC1. The number of rotatable bonds is 5. The summed E-state index contributed by atoms with van der Waals surface area (Å²) in [6, 6.07) is 0. The minimum Gasteiger partial charge on any atom is -0.478 e. The lowest BCUT2D eigenvalue weighted by Crippen LogP contribution is -2.13. The van der Waals surface area contributed by atoms with Crippen LogP contribution in [0.4, 0.5) is 0 Å². The molecule has 1 rings (SSSR count). The molecule has 0 bridgehead atoms. The monoisotopic (exact) mass is 168 g/mol. The van der Waals surface area contributed by atoms with Gasteiger partial charge in [0, 0.05) is 5.57 Å². The zero-order chi connectivity index (χ0) is 8.97. The van der Waals surface area contributed by atoms with Crippen LogP contribution in [-0.2, 0) is 4.79 Å². The number of allylic oxidation sites excluding steroid dienone is 1. The molecule has 0 spiro atoms. The number of carboxylic acid groups (broad SMARTS) is 1. The number of carboxylic acids is 1. The van der Waals surface area contributed by atoms with E-state index >= 15 is 0 Å². The largest absolute Gasteiger partial charge is 0.478 e. The van der Waals surface area contributed by atoms with Crippen LogP contribution in [-0.4, -0.2) is 11.1 Å². The zero-order valence-electron chi connectivity index (χ0n) is 7.60.